The van der Waals surface area contributed by atoms with Crippen LogP contribution in [0.1, 0.15) is 34.9 Å². The Bertz CT molecular complexity index is 818. The quantitative estimate of drug-likeness (QED) is 0.463. The second kappa shape index (κ2) is 9.87. The van der Waals surface area contributed by atoms with Gasteiger partial charge in [-0.3, -0.25) is 9.59 Å². The van der Waals surface area contributed by atoms with E-state index in [9.17, 15) is 14.4 Å². The van der Waals surface area contributed by atoms with Gasteiger partial charge in [-0.2, -0.15) is 0 Å². The number of halogens is 1. The van der Waals surface area contributed by atoms with Gasteiger partial charge >= 0.3 is 11.9 Å². The summed E-state index contributed by atoms with van der Waals surface area (Å²) < 4.78 is 15.9. The number of ketones is 1. The first-order chi connectivity index (χ1) is 13.0. The number of methoxy groups -OCH3 is 2. The molecule has 0 aliphatic carbocycles. The fourth-order valence-corrected chi connectivity index (χ4v) is 2.79. The Hall–Kier alpha value is -2.67. The zero-order chi connectivity index (χ0) is 19.8. The number of Topliss-reactive ketones (excluding diaryl/α,β-unsaturated/α-hetero) is 1. The number of carbonyl (C=O) groups excluding carboxylic acids is 3. The highest BCUT2D eigenvalue weighted by atomic mass is 79.9. The maximum atomic E-state index is 12.4. The highest BCUT2D eigenvalue weighted by molar-refractivity contribution is 9.10. The molecule has 142 valence electrons. The normalized spacial score (nSPS) is 11.4. The first-order valence-electron chi connectivity index (χ1n) is 8.15. The lowest BCUT2D eigenvalue weighted by Crippen LogP contribution is -2.21. The number of hydrogen-bond donors (Lipinski definition) is 0. The second-order valence-corrected chi connectivity index (χ2v) is 6.49. The Morgan fingerprint density at radius 3 is 2.33 bits per heavy atom. The van der Waals surface area contributed by atoms with Gasteiger partial charge in [0.2, 0.25) is 6.10 Å². The number of benzene rings is 2. The number of carbonyl (C=O) groups is 3. The van der Waals surface area contributed by atoms with Gasteiger partial charge in [-0.05, 0) is 18.2 Å². The molecule has 0 aliphatic rings. The largest absolute Gasteiger partial charge is 0.496 e. The lowest BCUT2D eigenvalue weighted by molar-refractivity contribution is -0.166. The first kappa shape index (κ1) is 20.6. The van der Waals surface area contributed by atoms with E-state index in [1.54, 1.807) is 48.5 Å². The molecule has 0 fully saturated rings. The maximum Gasteiger partial charge on any atom is 0.351 e. The first-order valence-corrected chi connectivity index (χ1v) is 8.94. The number of esters is 2. The van der Waals surface area contributed by atoms with E-state index in [0.29, 0.717) is 16.9 Å². The summed E-state index contributed by atoms with van der Waals surface area (Å²) >= 11 is 3.31. The maximum absolute atomic E-state index is 12.4. The van der Waals surface area contributed by atoms with Crippen LogP contribution in [0.4, 0.5) is 0 Å². The summed E-state index contributed by atoms with van der Waals surface area (Å²) in [5, 5.41) is 0. The molecule has 2 aromatic rings. The summed E-state index contributed by atoms with van der Waals surface area (Å²) in [5.74, 6) is -1.20. The van der Waals surface area contributed by atoms with E-state index < -0.39 is 18.0 Å². The van der Waals surface area contributed by atoms with Gasteiger partial charge in [-0.15, -0.1) is 0 Å². The third-order valence-electron chi connectivity index (χ3n) is 3.78. The minimum absolute atomic E-state index is 0.0751. The van der Waals surface area contributed by atoms with Crippen LogP contribution >= 0.6 is 15.9 Å². The van der Waals surface area contributed by atoms with Crippen LogP contribution in [-0.4, -0.2) is 31.9 Å². The van der Waals surface area contributed by atoms with Crippen molar-refractivity contribution in [2.75, 3.05) is 14.2 Å². The third-order valence-corrected chi connectivity index (χ3v) is 4.28. The van der Waals surface area contributed by atoms with Crippen molar-refractivity contribution in [3.05, 3.63) is 64.1 Å². The summed E-state index contributed by atoms with van der Waals surface area (Å²) in [4.78, 5) is 36.5. The van der Waals surface area contributed by atoms with E-state index >= 15 is 0 Å². The molecule has 0 aliphatic heterocycles. The number of ether oxygens (including phenoxy) is 3. The van der Waals surface area contributed by atoms with Gasteiger partial charge in [0.1, 0.15) is 5.75 Å². The van der Waals surface area contributed by atoms with Crippen LogP contribution in [0.3, 0.4) is 0 Å². The summed E-state index contributed by atoms with van der Waals surface area (Å²) in [6.07, 6.45) is -1.41. The standard InChI is InChI=1S/C20H19BrO6/c1-25-17-10-8-14(21)12-15(17)16(22)9-11-18(23)27-19(20(24)26-2)13-6-4-3-5-7-13/h3-8,10,12,19H,9,11H2,1-2H3. The summed E-state index contributed by atoms with van der Waals surface area (Å²) in [5.41, 5.74) is 0.866. The average Bonchev–Trinajstić information content (AvgIpc) is 2.70. The van der Waals surface area contributed by atoms with Crippen molar-refractivity contribution in [2.24, 2.45) is 0 Å². The van der Waals surface area contributed by atoms with Crippen LogP contribution in [0.15, 0.2) is 53.0 Å². The lowest BCUT2D eigenvalue weighted by Gasteiger charge is -2.16. The minimum atomic E-state index is -1.17. The van der Waals surface area contributed by atoms with Crippen molar-refractivity contribution < 1.29 is 28.6 Å². The highest BCUT2D eigenvalue weighted by Crippen LogP contribution is 2.25. The molecule has 0 spiro atoms. The fourth-order valence-electron chi connectivity index (χ4n) is 2.43. The minimum Gasteiger partial charge on any atom is -0.496 e. The molecule has 7 heteroatoms. The molecule has 0 saturated carbocycles. The Morgan fingerprint density at radius 1 is 1.00 bits per heavy atom. The van der Waals surface area contributed by atoms with Crippen LogP contribution in [0, 0.1) is 0 Å². The van der Waals surface area contributed by atoms with Gasteiger partial charge < -0.3 is 14.2 Å². The van der Waals surface area contributed by atoms with Crippen LogP contribution in [0.2, 0.25) is 0 Å². The molecule has 0 bridgehead atoms. The molecule has 1 atom stereocenters. The van der Waals surface area contributed by atoms with Crippen LogP contribution < -0.4 is 4.74 Å². The molecule has 0 saturated heterocycles. The van der Waals surface area contributed by atoms with Crippen molar-refractivity contribution in [2.45, 2.75) is 18.9 Å². The molecular formula is C20H19BrO6. The predicted octanol–water partition coefficient (Wildman–Crippen LogP) is 3.88. The topological polar surface area (TPSA) is 78.9 Å². The molecule has 0 radical (unpaired) electrons. The molecule has 1 unspecified atom stereocenters. The van der Waals surface area contributed by atoms with E-state index in [4.69, 9.17) is 14.2 Å². The van der Waals surface area contributed by atoms with Crippen LogP contribution in [0.5, 0.6) is 5.75 Å². The van der Waals surface area contributed by atoms with Crippen LogP contribution in [0.25, 0.3) is 0 Å². The van der Waals surface area contributed by atoms with Gasteiger partial charge in [0.05, 0.1) is 26.2 Å². The lowest BCUT2D eigenvalue weighted by atomic mass is 10.1. The molecule has 27 heavy (non-hydrogen) atoms. The Balaban J connectivity index is 2.03. The smallest absolute Gasteiger partial charge is 0.351 e. The molecule has 0 amide bonds. The molecule has 0 heterocycles. The second-order valence-electron chi connectivity index (χ2n) is 5.57. The van der Waals surface area contributed by atoms with Crippen molar-refractivity contribution >= 4 is 33.7 Å². The Morgan fingerprint density at radius 2 is 1.70 bits per heavy atom. The van der Waals surface area contributed by atoms with E-state index in [1.807, 2.05) is 0 Å². The van der Waals surface area contributed by atoms with E-state index in [2.05, 4.69) is 15.9 Å². The number of rotatable bonds is 8. The van der Waals surface area contributed by atoms with Crippen molar-refractivity contribution in [1.29, 1.82) is 0 Å². The molecule has 6 nitrogen and oxygen atoms in total. The molecule has 2 aromatic carbocycles. The van der Waals surface area contributed by atoms with Crippen molar-refractivity contribution in [1.82, 2.24) is 0 Å². The molecule has 2 rings (SSSR count). The SMILES string of the molecule is COC(=O)C(OC(=O)CCC(=O)c1cc(Br)ccc1OC)c1ccccc1. The van der Waals surface area contributed by atoms with Gasteiger partial charge in [0.15, 0.2) is 5.78 Å². The van der Waals surface area contributed by atoms with Crippen LogP contribution in [-0.2, 0) is 19.1 Å². The molecule has 0 aromatic heterocycles. The zero-order valence-electron chi connectivity index (χ0n) is 14.9. The van der Waals surface area contributed by atoms with Gasteiger partial charge in [-0.25, -0.2) is 4.79 Å². The average molecular weight is 435 g/mol. The monoisotopic (exact) mass is 434 g/mol. The van der Waals surface area contributed by atoms with Crippen molar-refractivity contribution in [3.63, 3.8) is 0 Å². The third kappa shape index (κ3) is 5.65. The molecular weight excluding hydrogens is 416 g/mol. The molecule has 0 N–H and O–H groups in total. The zero-order valence-corrected chi connectivity index (χ0v) is 16.5. The highest BCUT2D eigenvalue weighted by Gasteiger charge is 2.26. The van der Waals surface area contributed by atoms with Gasteiger partial charge in [0.25, 0.3) is 0 Å². The Labute approximate surface area is 165 Å². The summed E-state index contributed by atoms with van der Waals surface area (Å²) in [7, 11) is 2.68. The van der Waals surface area contributed by atoms with Gasteiger partial charge in [0, 0.05) is 16.5 Å². The van der Waals surface area contributed by atoms with Gasteiger partial charge in [-0.1, -0.05) is 46.3 Å². The number of hydrogen-bond acceptors (Lipinski definition) is 6. The van der Waals surface area contributed by atoms with E-state index in [-0.39, 0.29) is 18.6 Å². The predicted molar refractivity (Wildman–Crippen MR) is 102 cm³/mol. The summed E-state index contributed by atoms with van der Waals surface area (Å²) in [6, 6.07) is 13.6. The summed E-state index contributed by atoms with van der Waals surface area (Å²) in [6.45, 7) is 0. The van der Waals surface area contributed by atoms with E-state index in [0.717, 1.165) is 4.47 Å². The fraction of sp³-hybridized carbons (Fsp3) is 0.250. The van der Waals surface area contributed by atoms with Crippen molar-refractivity contribution in [3.8, 4) is 5.75 Å². The Kier molecular flexibility index (Phi) is 7.55. The van der Waals surface area contributed by atoms with E-state index in [1.165, 1.54) is 14.2 Å².